The van der Waals surface area contributed by atoms with E-state index in [9.17, 15) is 14.4 Å². The van der Waals surface area contributed by atoms with Gasteiger partial charge in [0.15, 0.2) is 0 Å². The van der Waals surface area contributed by atoms with Crippen LogP contribution in [-0.2, 0) is 9.59 Å². The average Bonchev–Trinajstić information content (AvgIpc) is 2.81. The van der Waals surface area contributed by atoms with Gasteiger partial charge >= 0.3 is 6.03 Å². The van der Waals surface area contributed by atoms with Crippen molar-refractivity contribution in [2.75, 3.05) is 18.8 Å². The molecule has 0 aliphatic carbocycles. The van der Waals surface area contributed by atoms with E-state index in [-0.39, 0.29) is 24.3 Å². The summed E-state index contributed by atoms with van der Waals surface area (Å²) in [6.07, 6.45) is 0. The largest absolute Gasteiger partial charge is 0.354 e. The Morgan fingerprint density at radius 1 is 1.29 bits per heavy atom. The molecule has 0 spiro atoms. The molecule has 0 bridgehead atoms. The Morgan fingerprint density at radius 2 is 1.96 bits per heavy atom. The van der Waals surface area contributed by atoms with Crippen molar-refractivity contribution >= 4 is 29.6 Å². The van der Waals surface area contributed by atoms with Crippen molar-refractivity contribution in [1.82, 2.24) is 15.5 Å². The lowest BCUT2D eigenvalue weighted by Gasteiger charge is -2.14. The van der Waals surface area contributed by atoms with Crippen molar-refractivity contribution < 1.29 is 14.4 Å². The Morgan fingerprint density at radius 3 is 2.54 bits per heavy atom. The second-order valence-electron chi connectivity index (χ2n) is 6.11. The first-order valence-electron chi connectivity index (χ1n) is 7.96. The van der Waals surface area contributed by atoms with Crippen LogP contribution in [0.4, 0.5) is 4.79 Å². The van der Waals surface area contributed by atoms with Gasteiger partial charge in [-0.3, -0.25) is 14.5 Å². The van der Waals surface area contributed by atoms with E-state index in [0.29, 0.717) is 6.54 Å². The fraction of sp³-hybridized carbons (Fsp3) is 0.471. The molecule has 0 saturated carbocycles. The lowest BCUT2D eigenvalue weighted by atomic mass is 10.1. The predicted molar refractivity (Wildman–Crippen MR) is 93.8 cm³/mol. The molecule has 130 valence electrons. The molecular formula is C17H23N3O3S. The third-order valence-corrected chi connectivity index (χ3v) is 4.75. The molecular weight excluding hydrogens is 326 g/mol. The predicted octanol–water partition coefficient (Wildman–Crippen LogP) is 1.78. The number of amides is 4. The van der Waals surface area contributed by atoms with Crippen LogP contribution in [0.25, 0.3) is 0 Å². The van der Waals surface area contributed by atoms with E-state index in [1.54, 1.807) is 11.8 Å². The number of nitrogens with one attached hydrogen (secondary N) is 2. The fourth-order valence-electron chi connectivity index (χ4n) is 2.34. The maximum Gasteiger partial charge on any atom is 0.325 e. The maximum absolute atomic E-state index is 12.1. The average molecular weight is 349 g/mol. The minimum Gasteiger partial charge on any atom is -0.354 e. The number of benzene rings is 1. The summed E-state index contributed by atoms with van der Waals surface area (Å²) in [4.78, 5) is 37.9. The zero-order valence-electron chi connectivity index (χ0n) is 14.2. The number of rotatable bonds is 7. The van der Waals surface area contributed by atoms with Crippen LogP contribution >= 0.6 is 11.8 Å². The first-order chi connectivity index (χ1) is 11.4. The second-order valence-corrected chi connectivity index (χ2v) is 7.28. The van der Waals surface area contributed by atoms with E-state index in [2.05, 4.69) is 10.6 Å². The SMILES string of the molecule is Cc1ccc(SCCNC(=O)CN2C(=O)NC(C(C)C)C2=O)cc1. The summed E-state index contributed by atoms with van der Waals surface area (Å²) in [5.41, 5.74) is 1.21. The van der Waals surface area contributed by atoms with Crippen molar-refractivity contribution in [2.45, 2.75) is 31.7 Å². The van der Waals surface area contributed by atoms with Crippen LogP contribution in [0, 0.1) is 12.8 Å². The number of hydrogen-bond donors (Lipinski definition) is 2. The quantitative estimate of drug-likeness (QED) is 0.447. The van der Waals surface area contributed by atoms with E-state index in [1.165, 1.54) is 5.56 Å². The molecule has 24 heavy (non-hydrogen) atoms. The Hall–Kier alpha value is -2.02. The van der Waals surface area contributed by atoms with Crippen molar-refractivity contribution in [3.8, 4) is 0 Å². The molecule has 2 rings (SSSR count). The van der Waals surface area contributed by atoms with Crippen molar-refractivity contribution in [1.29, 1.82) is 0 Å². The number of hydrogen-bond acceptors (Lipinski definition) is 4. The van der Waals surface area contributed by atoms with Crippen LogP contribution < -0.4 is 10.6 Å². The van der Waals surface area contributed by atoms with Crippen molar-refractivity contribution in [3.63, 3.8) is 0 Å². The van der Waals surface area contributed by atoms with Gasteiger partial charge in [-0.25, -0.2) is 4.79 Å². The Labute approximate surface area is 146 Å². The molecule has 0 aromatic heterocycles. The van der Waals surface area contributed by atoms with Gasteiger partial charge in [0, 0.05) is 17.2 Å². The molecule has 1 aliphatic heterocycles. The minimum absolute atomic E-state index is 0.000389. The standard InChI is InChI=1S/C17H23N3O3S/c1-11(2)15-16(22)20(17(23)19-15)10-14(21)18-8-9-24-13-6-4-12(3)5-7-13/h4-7,11,15H,8-10H2,1-3H3,(H,18,21)(H,19,23). The van der Waals surface area contributed by atoms with E-state index in [4.69, 9.17) is 0 Å². The van der Waals surface area contributed by atoms with Crippen LogP contribution in [0.3, 0.4) is 0 Å². The third-order valence-electron chi connectivity index (χ3n) is 3.74. The number of urea groups is 1. The van der Waals surface area contributed by atoms with Gasteiger partial charge in [-0.15, -0.1) is 11.8 Å². The van der Waals surface area contributed by atoms with Crippen LogP contribution in [0.5, 0.6) is 0 Å². The van der Waals surface area contributed by atoms with E-state index in [0.717, 1.165) is 15.5 Å². The Kier molecular flexibility index (Phi) is 6.25. The highest BCUT2D eigenvalue weighted by Crippen LogP contribution is 2.17. The normalized spacial score (nSPS) is 17.3. The summed E-state index contributed by atoms with van der Waals surface area (Å²) in [5, 5.41) is 5.35. The summed E-state index contributed by atoms with van der Waals surface area (Å²) in [6.45, 7) is 6.00. The molecule has 1 aromatic carbocycles. The second kappa shape index (κ2) is 8.19. The number of nitrogens with zero attached hydrogens (tertiary/aromatic N) is 1. The van der Waals surface area contributed by atoms with Gasteiger partial charge in [0.05, 0.1) is 0 Å². The van der Waals surface area contributed by atoms with E-state index >= 15 is 0 Å². The lowest BCUT2D eigenvalue weighted by molar-refractivity contribution is -0.132. The summed E-state index contributed by atoms with van der Waals surface area (Å²) in [7, 11) is 0. The summed E-state index contributed by atoms with van der Waals surface area (Å²) in [6, 6.07) is 7.14. The molecule has 4 amide bonds. The molecule has 1 fully saturated rings. The third kappa shape index (κ3) is 4.74. The van der Waals surface area contributed by atoms with Gasteiger partial charge in [0.25, 0.3) is 5.91 Å². The van der Waals surface area contributed by atoms with Crippen LogP contribution in [-0.4, -0.2) is 47.6 Å². The zero-order valence-corrected chi connectivity index (χ0v) is 15.0. The van der Waals surface area contributed by atoms with Gasteiger partial charge in [-0.1, -0.05) is 31.5 Å². The molecule has 6 nitrogen and oxygen atoms in total. The molecule has 1 saturated heterocycles. The minimum atomic E-state index is -0.539. The number of aryl methyl sites for hydroxylation is 1. The van der Waals surface area contributed by atoms with E-state index < -0.39 is 12.1 Å². The monoisotopic (exact) mass is 349 g/mol. The van der Waals surface area contributed by atoms with Crippen LogP contribution in [0.2, 0.25) is 0 Å². The van der Waals surface area contributed by atoms with Crippen LogP contribution in [0.1, 0.15) is 19.4 Å². The van der Waals surface area contributed by atoms with Gasteiger partial charge in [0.1, 0.15) is 12.6 Å². The van der Waals surface area contributed by atoms with Crippen molar-refractivity contribution in [2.24, 2.45) is 5.92 Å². The highest BCUT2D eigenvalue weighted by molar-refractivity contribution is 7.99. The maximum atomic E-state index is 12.1. The van der Waals surface area contributed by atoms with Crippen LogP contribution in [0.15, 0.2) is 29.2 Å². The fourth-order valence-corrected chi connectivity index (χ4v) is 3.10. The van der Waals surface area contributed by atoms with Crippen molar-refractivity contribution in [3.05, 3.63) is 29.8 Å². The molecule has 7 heteroatoms. The summed E-state index contributed by atoms with van der Waals surface area (Å²) in [5.74, 6) is 0.0656. The Bertz CT molecular complexity index is 616. The molecule has 1 aromatic rings. The molecule has 1 unspecified atom stereocenters. The highest BCUT2D eigenvalue weighted by atomic mass is 32.2. The summed E-state index contributed by atoms with van der Waals surface area (Å²) >= 11 is 1.64. The number of imide groups is 1. The number of carbonyl (C=O) groups is 3. The van der Waals surface area contributed by atoms with E-state index in [1.807, 2.05) is 45.0 Å². The molecule has 1 aliphatic rings. The molecule has 0 radical (unpaired) electrons. The smallest absolute Gasteiger partial charge is 0.325 e. The molecule has 1 atom stereocenters. The Balaban J connectivity index is 1.72. The first kappa shape index (κ1) is 18.3. The molecule has 1 heterocycles. The topological polar surface area (TPSA) is 78.5 Å². The van der Waals surface area contributed by atoms with Gasteiger partial charge in [0.2, 0.25) is 5.91 Å². The molecule has 2 N–H and O–H groups in total. The number of thioether (sulfide) groups is 1. The van der Waals surface area contributed by atoms with Gasteiger partial charge in [-0.2, -0.15) is 0 Å². The highest BCUT2D eigenvalue weighted by Gasteiger charge is 2.40. The first-order valence-corrected chi connectivity index (χ1v) is 8.95. The zero-order chi connectivity index (χ0) is 17.7. The van der Waals surface area contributed by atoms with Gasteiger partial charge in [-0.05, 0) is 25.0 Å². The summed E-state index contributed by atoms with van der Waals surface area (Å²) < 4.78 is 0. The number of carbonyl (C=O) groups excluding carboxylic acids is 3. The lowest BCUT2D eigenvalue weighted by Crippen LogP contribution is -2.42. The van der Waals surface area contributed by atoms with Gasteiger partial charge < -0.3 is 10.6 Å².